The normalized spacial score (nSPS) is 24.7. The molecule has 0 spiro atoms. The van der Waals surface area contributed by atoms with Gasteiger partial charge in [0.15, 0.2) is 0 Å². The van der Waals surface area contributed by atoms with Gasteiger partial charge in [0.1, 0.15) is 0 Å². The molecule has 1 aliphatic rings. The molecule has 1 atom stereocenters. The van der Waals surface area contributed by atoms with Crippen molar-refractivity contribution in [2.45, 2.75) is 4.93 Å². The Balaban J connectivity index is 2.76. The topological polar surface area (TPSA) is 49.3 Å². The number of thiol groups is 1. The molecule has 0 fully saturated rings. The maximum absolute atomic E-state index is 11.3. The van der Waals surface area contributed by atoms with Crippen LogP contribution < -0.4 is 5.32 Å². The van der Waals surface area contributed by atoms with E-state index in [-0.39, 0.29) is 10.6 Å². The minimum atomic E-state index is -1.91. The first-order valence-corrected chi connectivity index (χ1v) is 4.89. The molecule has 3 nitrogen and oxygen atoms in total. The Morgan fingerprint density at radius 3 is 2.50 bits per heavy atom. The van der Waals surface area contributed by atoms with Crippen molar-refractivity contribution < 1.29 is 9.90 Å². The smallest absolute Gasteiger partial charge is 0.271 e. The van der Waals surface area contributed by atoms with Crippen molar-refractivity contribution in [1.82, 2.24) is 0 Å². The van der Waals surface area contributed by atoms with Crippen LogP contribution in [0, 0.1) is 0 Å². The Bertz CT molecular complexity index is 434. The fourth-order valence-electron chi connectivity index (χ4n) is 1.33. The molecule has 1 aromatic carbocycles. The zero-order valence-electron chi connectivity index (χ0n) is 6.71. The highest BCUT2D eigenvalue weighted by Gasteiger charge is 2.44. The minimum absolute atomic E-state index is 0.208. The fourth-order valence-corrected chi connectivity index (χ4v) is 2.18. The summed E-state index contributed by atoms with van der Waals surface area (Å²) in [5, 5.41) is 12.7. The van der Waals surface area contributed by atoms with Crippen molar-refractivity contribution in [2.75, 3.05) is 5.32 Å². The van der Waals surface area contributed by atoms with Gasteiger partial charge in [-0.05, 0) is 12.1 Å². The quantitative estimate of drug-likeness (QED) is 0.487. The molecule has 1 amide bonds. The van der Waals surface area contributed by atoms with Crippen molar-refractivity contribution in [3.8, 4) is 0 Å². The molecular weight excluding hydrogens is 245 g/mol. The second-order valence-electron chi connectivity index (χ2n) is 2.91. The Kier molecular flexibility index (Phi) is 2.19. The third kappa shape index (κ3) is 1.22. The number of carbonyl (C=O) groups excluding carboxylic acids is 1. The molecule has 1 heterocycles. The Morgan fingerprint density at radius 2 is 1.93 bits per heavy atom. The van der Waals surface area contributed by atoms with E-state index in [2.05, 4.69) is 17.9 Å². The Morgan fingerprint density at radius 1 is 1.36 bits per heavy atom. The summed E-state index contributed by atoms with van der Waals surface area (Å²) in [5.41, 5.74) is 0.529. The zero-order valence-corrected chi connectivity index (χ0v) is 9.12. The van der Waals surface area contributed by atoms with E-state index in [1.807, 2.05) is 0 Å². The lowest BCUT2D eigenvalue weighted by Crippen LogP contribution is -2.27. The predicted molar refractivity (Wildman–Crippen MR) is 58.0 cm³/mol. The monoisotopic (exact) mass is 249 g/mol. The maximum Gasteiger partial charge on any atom is 0.271 e. The Labute approximate surface area is 95.4 Å². The highest BCUT2D eigenvalue weighted by Crippen LogP contribution is 2.46. The van der Waals surface area contributed by atoms with Crippen LogP contribution >= 0.6 is 35.8 Å². The number of aliphatic hydroxyl groups is 1. The van der Waals surface area contributed by atoms with E-state index >= 15 is 0 Å². The molecule has 2 N–H and O–H groups in total. The van der Waals surface area contributed by atoms with Crippen molar-refractivity contribution in [1.29, 1.82) is 0 Å². The van der Waals surface area contributed by atoms with E-state index in [1.54, 1.807) is 0 Å². The second kappa shape index (κ2) is 3.03. The van der Waals surface area contributed by atoms with E-state index < -0.39 is 10.8 Å². The number of amides is 1. The molecule has 0 radical (unpaired) electrons. The van der Waals surface area contributed by atoms with Gasteiger partial charge in [0.2, 0.25) is 4.93 Å². The van der Waals surface area contributed by atoms with Crippen molar-refractivity contribution >= 4 is 47.4 Å². The number of hydrogen-bond donors (Lipinski definition) is 3. The first-order chi connectivity index (χ1) is 6.44. The van der Waals surface area contributed by atoms with Crippen LogP contribution in [0.4, 0.5) is 5.69 Å². The number of fused-ring (bicyclic) bond motifs is 1. The molecular formula is C8H5Cl2NO2S. The summed E-state index contributed by atoms with van der Waals surface area (Å²) in [7, 11) is 0. The van der Waals surface area contributed by atoms with Crippen LogP contribution in [0.5, 0.6) is 0 Å². The van der Waals surface area contributed by atoms with E-state index in [9.17, 15) is 9.90 Å². The Hall–Kier alpha value is -0.420. The summed E-state index contributed by atoms with van der Waals surface area (Å²) < 4.78 is 0. The summed E-state index contributed by atoms with van der Waals surface area (Å²) in [6, 6.07) is 3.04. The van der Waals surface area contributed by atoms with Crippen molar-refractivity contribution in [3.63, 3.8) is 0 Å². The van der Waals surface area contributed by atoms with Gasteiger partial charge in [-0.25, -0.2) is 0 Å². The summed E-state index contributed by atoms with van der Waals surface area (Å²) in [5.74, 6) is -0.647. The van der Waals surface area contributed by atoms with Gasteiger partial charge >= 0.3 is 0 Å². The minimum Gasteiger partial charge on any atom is -0.367 e. The van der Waals surface area contributed by atoms with Crippen LogP contribution in [0.3, 0.4) is 0 Å². The SMILES string of the molecule is O=C1Nc2c(Cl)ccc(Cl)c2[C@@]1(O)S. The average Bonchev–Trinajstić information content (AvgIpc) is 2.33. The lowest BCUT2D eigenvalue weighted by atomic mass is 10.1. The van der Waals surface area contributed by atoms with Gasteiger partial charge in [0.25, 0.3) is 5.91 Å². The van der Waals surface area contributed by atoms with Gasteiger partial charge in [-0.2, -0.15) is 0 Å². The first kappa shape index (κ1) is 10.1. The van der Waals surface area contributed by atoms with Crippen LogP contribution in [0.15, 0.2) is 12.1 Å². The van der Waals surface area contributed by atoms with E-state index in [4.69, 9.17) is 23.2 Å². The highest BCUT2D eigenvalue weighted by atomic mass is 35.5. The van der Waals surface area contributed by atoms with Gasteiger partial charge in [0, 0.05) is 5.56 Å². The zero-order chi connectivity index (χ0) is 10.5. The van der Waals surface area contributed by atoms with E-state index in [0.717, 1.165) is 0 Å². The second-order valence-corrected chi connectivity index (χ2v) is 4.37. The molecule has 0 aromatic heterocycles. The fraction of sp³-hybridized carbons (Fsp3) is 0.125. The van der Waals surface area contributed by atoms with Crippen LogP contribution in [0.1, 0.15) is 5.56 Å². The number of anilines is 1. The number of carbonyl (C=O) groups is 1. The summed E-state index contributed by atoms with van der Waals surface area (Å²) in [6.45, 7) is 0. The molecule has 0 bridgehead atoms. The molecule has 1 aromatic rings. The molecule has 14 heavy (non-hydrogen) atoms. The van der Waals surface area contributed by atoms with Gasteiger partial charge in [-0.3, -0.25) is 4.79 Å². The van der Waals surface area contributed by atoms with E-state index in [0.29, 0.717) is 10.7 Å². The summed E-state index contributed by atoms with van der Waals surface area (Å²) in [4.78, 5) is 9.40. The highest BCUT2D eigenvalue weighted by molar-refractivity contribution is 7.82. The number of rotatable bonds is 0. The largest absolute Gasteiger partial charge is 0.367 e. The molecule has 0 saturated carbocycles. The average molecular weight is 250 g/mol. The molecule has 2 rings (SSSR count). The third-order valence-electron chi connectivity index (χ3n) is 2.01. The standard InChI is InChI=1S/C8H5Cl2NO2S/c9-3-1-2-4(10)6-5(3)8(13,14)7(12)11-6/h1-2,13-14H,(H,11,12)/t8-/m1/s1. The molecule has 0 unspecified atom stereocenters. The van der Waals surface area contributed by atoms with Crippen LogP contribution in [-0.4, -0.2) is 11.0 Å². The molecule has 6 heteroatoms. The lowest BCUT2D eigenvalue weighted by Gasteiger charge is -2.13. The van der Waals surface area contributed by atoms with Crippen molar-refractivity contribution in [3.05, 3.63) is 27.7 Å². The molecule has 74 valence electrons. The van der Waals surface area contributed by atoms with Crippen LogP contribution in [-0.2, 0) is 9.73 Å². The van der Waals surface area contributed by atoms with Crippen LogP contribution in [0.2, 0.25) is 10.0 Å². The number of halogens is 2. The van der Waals surface area contributed by atoms with Crippen molar-refractivity contribution in [2.24, 2.45) is 0 Å². The molecule has 1 aliphatic heterocycles. The number of benzene rings is 1. The molecule has 0 aliphatic carbocycles. The summed E-state index contributed by atoms with van der Waals surface area (Å²) >= 11 is 15.5. The summed E-state index contributed by atoms with van der Waals surface area (Å²) in [6.07, 6.45) is 0. The van der Waals surface area contributed by atoms with Gasteiger partial charge in [-0.15, -0.1) is 12.6 Å². The third-order valence-corrected chi connectivity index (χ3v) is 3.06. The lowest BCUT2D eigenvalue weighted by molar-refractivity contribution is -0.125. The first-order valence-electron chi connectivity index (χ1n) is 3.69. The van der Waals surface area contributed by atoms with Gasteiger partial charge in [-0.1, -0.05) is 23.2 Å². The van der Waals surface area contributed by atoms with Gasteiger partial charge < -0.3 is 10.4 Å². The van der Waals surface area contributed by atoms with Crippen LogP contribution in [0.25, 0.3) is 0 Å². The molecule has 0 saturated heterocycles. The predicted octanol–water partition coefficient (Wildman–Crippen LogP) is 2.02. The number of nitrogens with one attached hydrogen (secondary N) is 1. The van der Waals surface area contributed by atoms with E-state index in [1.165, 1.54) is 12.1 Å². The maximum atomic E-state index is 11.3. The number of hydrogen-bond acceptors (Lipinski definition) is 3. The van der Waals surface area contributed by atoms with Gasteiger partial charge in [0.05, 0.1) is 15.7 Å².